The molecule has 0 radical (unpaired) electrons. The molecule has 0 aliphatic rings. The third kappa shape index (κ3) is 2.06. The van der Waals surface area contributed by atoms with Crippen LogP contribution in [0, 0.1) is 12.7 Å². The van der Waals surface area contributed by atoms with Crippen LogP contribution in [0.3, 0.4) is 0 Å². The molecule has 96 valence electrons. The van der Waals surface area contributed by atoms with Crippen LogP contribution in [-0.4, -0.2) is 19.5 Å². The molecule has 3 rings (SSSR count). The Morgan fingerprint density at radius 3 is 2.84 bits per heavy atom. The van der Waals surface area contributed by atoms with E-state index in [1.165, 1.54) is 12.4 Å². The van der Waals surface area contributed by atoms with Gasteiger partial charge in [-0.05, 0) is 13.0 Å². The molecule has 6 heteroatoms. The molecule has 0 saturated carbocycles. The van der Waals surface area contributed by atoms with Crippen LogP contribution in [0.4, 0.5) is 4.39 Å². The highest BCUT2D eigenvalue weighted by atomic mass is 35.5. The number of imidazole rings is 1. The maximum absolute atomic E-state index is 13.7. The number of halogens is 2. The molecule has 0 spiro atoms. The van der Waals surface area contributed by atoms with Crippen LogP contribution in [0.5, 0.6) is 0 Å². The van der Waals surface area contributed by atoms with Crippen LogP contribution in [0.2, 0.25) is 5.15 Å². The van der Waals surface area contributed by atoms with Gasteiger partial charge >= 0.3 is 0 Å². The van der Waals surface area contributed by atoms with E-state index in [0.29, 0.717) is 28.4 Å². The van der Waals surface area contributed by atoms with Gasteiger partial charge in [-0.15, -0.1) is 0 Å². The third-order valence-corrected chi connectivity index (χ3v) is 3.24. The van der Waals surface area contributed by atoms with Crippen LogP contribution in [0.15, 0.2) is 30.6 Å². The smallest absolute Gasteiger partial charge is 0.165 e. The van der Waals surface area contributed by atoms with Crippen LogP contribution in [0.25, 0.3) is 11.2 Å². The summed E-state index contributed by atoms with van der Waals surface area (Å²) >= 11 is 5.98. The lowest BCUT2D eigenvalue weighted by Gasteiger charge is -2.07. The molecular formula is C13H10ClFN4. The van der Waals surface area contributed by atoms with Crippen molar-refractivity contribution in [2.24, 2.45) is 0 Å². The summed E-state index contributed by atoms with van der Waals surface area (Å²) in [7, 11) is 0. The number of nitrogens with zero attached hydrogens (tertiary/aromatic N) is 4. The van der Waals surface area contributed by atoms with Crippen LogP contribution in [-0.2, 0) is 6.54 Å². The molecular weight excluding hydrogens is 267 g/mol. The maximum Gasteiger partial charge on any atom is 0.165 e. The van der Waals surface area contributed by atoms with Gasteiger partial charge in [0.05, 0.1) is 6.54 Å². The molecule has 0 aliphatic carbocycles. The number of rotatable bonds is 2. The van der Waals surface area contributed by atoms with Crippen molar-refractivity contribution in [3.8, 4) is 0 Å². The van der Waals surface area contributed by atoms with E-state index in [1.54, 1.807) is 18.2 Å². The van der Waals surface area contributed by atoms with Crippen molar-refractivity contribution < 1.29 is 4.39 Å². The molecule has 2 aromatic heterocycles. The fourth-order valence-electron chi connectivity index (χ4n) is 2.00. The Labute approximate surface area is 113 Å². The normalized spacial score (nSPS) is 11.1. The summed E-state index contributed by atoms with van der Waals surface area (Å²) in [5.41, 5.74) is 1.73. The number of hydrogen-bond donors (Lipinski definition) is 0. The first-order chi connectivity index (χ1) is 9.16. The standard InChI is InChI=1S/C13H10ClFN4/c1-8-18-11-12(14)16-7-17-13(11)19(8)6-9-4-2-3-5-10(9)15/h2-5,7H,6H2,1H3. The number of benzene rings is 1. The van der Waals surface area contributed by atoms with E-state index in [9.17, 15) is 4.39 Å². The van der Waals surface area contributed by atoms with Crippen molar-refractivity contribution in [2.75, 3.05) is 0 Å². The Kier molecular flexibility index (Phi) is 2.91. The van der Waals surface area contributed by atoms with E-state index in [0.717, 1.165) is 5.82 Å². The predicted molar refractivity (Wildman–Crippen MR) is 70.6 cm³/mol. The van der Waals surface area contributed by atoms with Gasteiger partial charge in [-0.25, -0.2) is 19.3 Å². The average Bonchev–Trinajstić information content (AvgIpc) is 2.71. The zero-order valence-electron chi connectivity index (χ0n) is 10.1. The Morgan fingerprint density at radius 1 is 1.26 bits per heavy atom. The number of fused-ring (bicyclic) bond motifs is 1. The molecule has 1 aromatic carbocycles. The van der Waals surface area contributed by atoms with Gasteiger partial charge in [0, 0.05) is 5.56 Å². The van der Waals surface area contributed by atoms with Gasteiger partial charge in [-0.1, -0.05) is 29.8 Å². The molecule has 0 fully saturated rings. The van der Waals surface area contributed by atoms with Crippen LogP contribution in [0.1, 0.15) is 11.4 Å². The zero-order chi connectivity index (χ0) is 13.4. The highest BCUT2D eigenvalue weighted by Crippen LogP contribution is 2.21. The molecule has 19 heavy (non-hydrogen) atoms. The third-order valence-electron chi connectivity index (χ3n) is 2.96. The Morgan fingerprint density at radius 2 is 2.05 bits per heavy atom. The van der Waals surface area contributed by atoms with Gasteiger partial charge in [-0.2, -0.15) is 0 Å². The molecule has 0 bridgehead atoms. The minimum Gasteiger partial charge on any atom is -0.308 e. The highest BCUT2D eigenvalue weighted by molar-refractivity contribution is 6.33. The second-order valence-corrected chi connectivity index (χ2v) is 4.53. The van der Waals surface area contributed by atoms with Crippen LogP contribution >= 0.6 is 11.6 Å². The molecule has 3 aromatic rings. The Bertz CT molecular complexity index is 753. The van der Waals surface area contributed by atoms with E-state index in [4.69, 9.17) is 11.6 Å². The van der Waals surface area contributed by atoms with Crippen molar-refractivity contribution in [1.82, 2.24) is 19.5 Å². The Hall–Kier alpha value is -2.01. The fraction of sp³-hybridized carbons (Fsp3) is 0.154. The predicted octanol–water partition coefficient (Wildman–Crippen LogP) is 2.98. The summed E-state index contributed by atoms with van der Waals surface area (Å²) in [5.74, 6) is 0.476. The van der Waals surface area contributed by atoms with E-state index in [2.05, 4.69) is 15.0 Å². The van der Waals surface area contributed by atoms with Crippen LogP contribution < -0.4 is 0 Å². The summed E-state index contributed by atoms with van der Waals surface area (Å²) in [6.07, 6.45) is 1.38. The van der Waals surface area contributed by atoms with Crippen molar-refractivity contribution in [3.05, 3.63) is 53.0 Å². The maximum atomic E-state index is 13.7. The average molecular weight is 277 g/mol. The minimum absolute atomic E-state index is 0.246. The Balaban J connectivity index is 2.13. The van der Waals surface area contributed by atoms with Gasteiger partial charge in [-0.3, -0.25) is 0 Å². The van der Waals surface area contributed by atoms with E-state index in [1.807, 2.05) is 11.5 Å². The fourth-order valence-corrected chi connectivity index (χ4v) is 2.17. The van der Waals surface area contributed by atoms with Crippen molar-refractivity contribution >= 4 is 22.8 Å². The summed E-state index contributed by atoms with van der Waals surface area (Å²) in [6.45, 7) is 2.20. The molecule has 0 unspecified atom stereocenters. The number of aromatic nitrogens is 4. The quantitative estimate of drug-likeness (QED) is 0.676. The second-order valence-electron chi connectivity index (χ2n) is 4.17. The molecule has 0 amide bonds. The largest absolute Gasteiger partial charge is 0.308 e. The minimum atomic E-state index is -0.246. The van der Waals surface area contributed by atoms with Crippen molar-refractivity contribution in [3.63, 3.8) is 0 Å². The lowest BCUT2D eigenvalue weighted by molar-refractivity contribution is 0.599. The number of hydrogen-bond acceptors (Lipinski definition) is 3. The highest BCUT2D eigenvalue weighted by Gasteiger charge is 2.13. The molecule has 0 N–H and O–H groups in total. The van der Waals surface area contributed by atoms with Gasteiger partial charge in [0.25, 0.3) is 0 Å². The second kappa shape index (κ2) is 4.59. The number of aryl methyl sites for hydroxylation is 1. The summed E-state index contributed by atoms with van der Waals surface area (Å²) in [5, 5.41) is 0.306. The molecule has 2 heterocycles. The summed E-state index contributed by atoms with van der Waals surface area (Å²) in [4.78, 5) is 12.4. The molecule has 0 saturated heterocycles. The van der Waals surface area contributed by atoms with Gasteiger partial charge in [0.2, 0.25) is 0 Å². The SMILES string of the molecule is Cc1nc2c(Cl)ncnc2n1Cc1ccccc1F. The summed E-state index contributed by atoms with van der Waals surface area (Å²) < 4.78 is 15.5. The lowest BCUT2D eigenvalue weighted by atomic mass is 10.2. The molecule has 0 atom stereocenters. The zero-order valence-corrected chi connectivity index (χ0v) is 10.9. The first-order valence-electron chi connectivity index (χ1n) is 5.73. The van der Waals surface area contributed by atoms with E-state index < -0.39 is 0 Å². The van der Waals surface area contributed by atoms with Crippen molar-refractivity contribution in [1.29, 1.82) is 0 Å². The van der Waals surface area contributed by atoms with E-state index in [-0.39, 0.29) is 5.82 Å². The van der Waals surface area contributed by atoms with Gasteiger partial charge in [0.1, 0.15) is 23.5 Å². The van der Waals surface area contributed by atoms with E-state index >= 15 is 0 Å². The first-order valence-corrected chi connectivity index (χ1v) is 6.11. The summed E-state index contributed by atoms with van der Waals surface area (Å²) in [6, 6.07) is 6.64. The monoisotopic (exact) mass is 276 g/mol. The van der Waals surface area contributed by atoms with Gasteiger partial charge < -0.3 is 4.57 Å². The topological polar surface area (TPSA) is 43.6 Å². The molecule has 0 aliphatic heterocycles. The lowest BCUT2D eigenvalue weighted by Crippen LogP contribution is -2.04. The molecule has 4 nitrogen and oxygen atoms in total. The van der Waals surface area contributed by atoms with Crippen molar-refractivity contribution in [2.45, 2.75) is 13.5 Å². The van der Waals surface area contributed by atoms with Gasteiger partial charge in [0.15, 0.2) is 10.8 Å². The first kappa shape index (κ1) is 12.0.